The van der Waals surface area contributed by atoms with Gasteiger partial charge in [0, 0.05) is 36.2 Å². The Labute approximate surface area is 259 Å². The number of carboxylic acids is 3. The minimum absolute atomic E-state index is 0.00147. The maximum absolute atomic E-state index is 12.8. The Hall–Kier alpha value is -5.04. The van der Waals surface area contributed by atoms with Gasteiger partial charge in [0.1, 0.15) is 18.2 Å². The van der Waals surface area contributed by atoms with E-state index in [0.29, 0.717) is 13.1 Å². The van der Waals surface area contributed by atoms with Crippen molar-refractivity contribution in [3.05, 3.63) is 59.2 Å². The number of carbonyl (C=O) groups is 5. The highest BCUT2D eigenvalue weighted by molar-refractivity contribution is 7.89. The number of alkyl halides is 3. The first-order valence-corrected chi connectivity index (χ1v) is 14.6. The third-order valence-corrected chi connectivity index (χ3v) is 8.14. The van der Waals surface area contributed by atoms with Crippen LogP contribution in [0.3, 0.4) is 0 Å². The smallest absolute Gasteiger partial charge is 0.490 e. The Bertz CT molecular complexity index is 1590. The number of nitrogen functional groups attached to an aromatic ring is 1. The van der Waals surface area contributed by atoms with Crippen LogP contribution in [-0.2, 0) is 35.6 Å². The molecule has 1 fully saturated rings. The molecule has 19 heteroatoms. The van der Waals surface area contributed by atoms with E-state index in [1.165, 1.54) is 46.8 Å². The molecule has 0 spiro atoms. The van der Waals surface area contributed by atoms with Crippen molar-refractivity contribution < 1.29 is 65.6 Å². The summed E-state index contributed by atoms with van der Waals surface area (Å²) in [5, 5.41) is 35.5. The lowest BCUT2D eigenvalue weighted by atomic mass is 10.0. The number of hydrogen-bond donors (Lipinski definition) is 6. The normalized spacial score (nSPS) is 13.9. The number of ether oxygens (including phenoxy) is 1. The Morgan fingerprint density at radius 3 is 2.00 bits per heavy atom. The molecule has 15 nitrogen and oxygen atoms in total. The number of amides is 1. The molecule has 1 amide bonds. The molecule has 1 heterocycles. The minimum Gasteiger partial charge on any atom is -0.491 e. The van der Waals surface area contributed by atoms with Gasteiger partial charge in [0.05, 0.1) is 17.4 Å². The van der Waals surface area contributed by atoms with Crippen molar-refractivity contribution in [1.29, 1.82) is 5.41 Å². The Kier molecular flexibility index (Phi) is 12.8. The van der Waals surface area contributed by atoms with Crippen LogP contribution < -0.4 is 15.8 Å². The second kappa shape index (κ2) is 15.8. The minimum atomic E-state index is -5.08. The molecule has 0 unspecified atom stereocenters. The highest BCUT2D eigenvalue weighted by Gasteiger charge is 2.38. The number of rotatable bonds is 13. The van der Waals surface area contributed by atoms with E-state index in [0.717, 1.165) is 12.8 Å². The summed E-state index contributed by atoms with van der Waals surface area (Å²) in [7, 11) is -3.67. The fourth-order valence-corrected chi connectivity index (χ4v) is 5.45. The zero-order chi connectivity index (χ0) is 34.8. The van der Waals surface area contributed by atoms with Crippen molar-refractivity contribution in [2.24, 2.45) is 5.73 Å². The highest BCUT2D eigenvalue weighted by atomic mass is 32.2. The van der Waals surface area contributed by atoms with Crippen molar-refractivity contribution in [3.63, 3.8) is 0 Å². The average Bonchev–Trinajstić information content (AvgIpc) is 3.52. The third kappa shape index (κ3) is 10.8. The Morgan fingerprint density at radius 1 is 0.978 bits per heavy atom. The van der Waals surface area contributed by atoms with Crippen LogP contribution in [0.25, 0.3) is 0 Å². The lowest BCUT2D eigenvalue weighted by Gasteiger charge is -2.20. The van der Waals surface area contributed by atoms with Crippen LogP contribution in [-0.4, -0.2) is 95.4 Å². The number of hydrogen-bond acceptors (Lipinski definition) is 9. The molecule has 2 aromatic carbocycles. The molecule has 7 N–H and O–H groups in total. The van der Waals surface area contributed by atoms with Crippen LogP contribution in [0.1, 0.15) is 40.7 Å². The summed E-state index contributed by atoms with van der Waals surface area (Å²) in [6.45, 7) is 0.487. The summed E-state index contributed by atoms with van der Waals surface area (Å²) >= 11 is 0. The fraction of sp³-hybridized carbons (Fsp3) is 0.333. The number of nitrogens with two attached hydrogens (primary N) is 1. The van der Waals surface area contributed by atoms with E-state index in [9.17, 15) is 45.9 Å². The van der Waals surface area contributed by atoms with Gasteiger partial charge in [0.15, 0.2) is 0 Å². The summed E-state index contributed by atoms with van der Waals surface area (Å²) in [5.74, 6) is -7.75. The molecule has 1 saturated heterocycles. The first kappa shape index (κ1) is 37.1. The van der Waals surface area contributed by atoms with Crippen LogP contribution in [0.2, 0.25) is 0 Å². The number of amidine groups is 1. The van der Waals surface area contributed by atoms with Gasteiger partial charge in [-0.1, -0.05) is 12.1 Å². The molecule has 3 rings (SSSR count). The lowest BCUT2D eigenvalue weighted by molar-refractivity contribution is -0.192. The Balaban J connectivity index is 0.000000942. The second-order valence-electron chi connectivity index (χ2n) is 9.66. The van der Waals surface area contributed by atoms with Crippen molar-refractivity contribution in [1.82, 2.24) is 9.62 Å². The fourth-order valence-electron chi connectivity index (χ4n) is 3.93. The topological polar surface area (TPSA) is 255 Å². The van der Waals surface area contributed by atoms with Gasteiger partial charge >= 0.3 is 24.1 Å². The largest absolute Gasteiger partial charge is 0.491 e. The summed E-state index contributed by atoms with van der Waals surface area (Å²) in [6, 6.07) is 8.29. The van der Waals surface area contributed by atoms with Crippen LogP contribution >= 0.6 is 0 Å². The lowest BCUT2D eigenvalue weighted by Crippen LogP contribution is -2.40. The summed E-state index contributed by atoms with van der Waals surface area (Å²) in [4.78, 5) is 55.9. The van der Waals surface area contributed by atoms with E-state index in [1.807, 2.05) is 0 Å². The predicted molar refractivity (Wildman–Crippen MR) is 151 cm³/mol. The van der Waals surface area contributed by atoms with E-state index in [4.69, 9.17) is 30.9 Å². The maximum atomic E-state index is 12.8. The summed E-state index contributed by atoms with van der Waals surface area (Å²) in [6.07, 6.45) is -4.58. The maximum Gasteiger partial charge on any atom is 0.490 e. The first-order valence-electron chi connectivity index (χ1n) is 13.1. The molecule has 46 heavy (non-hydrogen) atoms. The number of ketones is 1. The second-order valence-corrected chi connectivity index (χ2v) is 11.6. The van der Waals surface area contributed by atoms with Gasteiger partial charge < -0.3 is 31.1 Å². The Morgan fingerprint density at radius 2 is 1.52 bits per heavy atom. The van der Waals surface area contributed by atoms with E-state index < -0.39 is 64.7 Å². The molecule has 0 aromatic heterocycles. The molecular weight excluding hydrogens is 645 g/mol. The molecule has 2 aromatic rings. The number of carboxylic acid groups (broad SMARTS) is 3. The number of nitrogens with zero attached hydrogens (tertiary/aromatic N) is 1. The van der Waals surface area contributed by atoms with Gasteiger partial charge in [-0.05, 0) is 43.2 Å². The van der Waals surface area contributed by atoms with Crippen molar-refractivity contribution in [2.45, 2.75) is 42.8 Å². The van der Waals surface area contributed by atoms with Gasteiger partial charge in [0.25, 0.3) is 5.91 Å². The van der Waals surface area contributed by atoms with E-state index in [1.54, 1.807) is 0 Å². The summed E-state index contributed by atoms with van der Waals surface area (Å²) < 4.78 is 64.2. The number of aliphatic carboxylic acids is 3. The number of carbonyl (C=O) groups excluding carboxylic acids is 2. The third-order valence-electron chi connectivity index (χ3n) is 6.23. The molecule has 1 aliphatic heterocycles. The van der Waals surface area contributed by atoms with Gasteiger partial charge in [-0.25, -0.2) is 18.0 Å². The highest BCUT2D eigenvalue weighted by Crippen LogP contribution is 2.23. The van der Waals surface area contributed by atoms with Gasteiger partial charge in [-0.2, -0.15) is 17.5 Å². The van der Waals surface area contributed by atoms with Crippen molar-refractivity contribution >= 4 is 45.5 Å². The molecular formula is C27H29F3N4O11S. The summed E-state index contributed by atoms with van der Waals surface area (Å²) in [5.41, 5.74) is 5.98. The number of sulfonamides is 1. The predicted octanol–water partition coefficient (Wildman–Crippen LogP) is 1.24. The zero-order valence-corrected chi connectivity index (χ0v) is 24.6. The SMILES string of the molecule is N=C(N)c1ccc(CC(=O)C(=O)O)c(OC[C@@H](CC(=O)O)NC(=O)c2ccc(S(=O)(=O)N3CCCC3)cc2)c1.O=C(O)C(F)(F)F. The van der Waals surface area contributed by atoms with Gasteiger partial charge in [-0.3, -0.25) is 19.8 Å². The van der Waals surface area contributed by atoms with E-state index in [2.05, 4.69) is 5.32 Å². The number of halogens is 3. The molecule has 1 aliphatic rings. The zero-order valence-electron chi connectivity index (χ0n) is 23.7. The standard InChI is InChI=1S/C25H28N4O9S.C2HF3O2/c26-23(27)17-4-3-16(11-20(30)25(34)35)21(12-17)38-14-18(13-22(31)32)28-24(33)15-5-7-19(8-6-15)39(36,37)29-9-1-2-10-29;3-2(4,5)1(6)7/h3-8,12,18H,1-2,9-11,13-14H2,(H3,26,27)(H,28,33)(H,31,32)(H,34,35);(H,6,7)/t18-;/m1./s1. The quantitative estimate of drug-likeness (QED) is 0.0997. The van der Waals surface area contributed by atoms with Crippen LogP contribution in [0.15, 0.2) is 47.4 Å². The van der Waals surface area contributed by atoms with Crippen LogP contribution in [0.5, 0.6) is 5.75 Å². The van der Waals surface area contributed by atoms with Gasteiger partial charge in [-0.15, -0.1) is 0 Å². The molecule has 250 valence electrons. The van der Waals surface area contributed by atoms with Crippen molar-refractivity contribution in [3.8, 4) is 5.75 Å². The number of benzene rings is 2. The van der Waals surface area contributed by atoms with Crippen molar-refractivity contribution in [2.75, 3.05) is 19.7 Å². The van der Waals surface area contributed by atoms with Crippen LogP contribution in [0.4, 0.5) is 13.2 Å². The average molecular weight is 675 g/mol. The number of Topliss-reactive ketones (excluding diaryl/α,β-unsaturated/α-hetero) is 1. The molecule has 0 radical (unpaired) electrons. The van der Waals surface area contributed by atoms with Gasteiger partial charge in [0.2, 0.25) is 15.8 Å². The van der Waals surface area contributed by atoms with E-state index >= 15 is 0 Å². The molecule has 0 aliphatic carbocycles. The van der Waals surface area contributed by atoms with E-state index in [-0.39, 0.29) is 39.8 Å². The molecule has 0 bridgehead atoms. The first-order chi connectivity index (χ1) is 21.3. The monoisotopic (exact) mass is 674 g/mol. The van der Waals surface area contributed by atoms with Crippen LogP contribution in [0, 0.1) is 5.41 Å². The number of nitrogens with one attached hydrogen (secondary N) is 2. The molecule has 0 saturated carbocycles. The molecule has 1 atom stereocenters.